The maximum Gasteiger partial charge on any atom is 0.241 e. The highest BCUT2D eigenvalue weighted by molar-refractivity contribution is 5.84. The van der Waals surface area contributed by atoms with E-state index in [1.54, 1.807) is 0 Å². The van der Waals surface area contributed by atoms with Crippen molar-refractivity contribution in [2.24, 2.45) is 17.8 Å². The van der Waals surface area contributed by atoms with Crippen LogP contribution in [0.3, 0.4) is 0 Å². The molecule has 2 rings (SSSR count). The molecule has 1 N–H and O–H groups in total. The van der Waals surface area contributed by atoms with Gasteiger partial charge in [-0.25, -0.2) is 0 Å². The van der Waals surface area contributed by atoms with Crippen molar-refractivity contribution in [2.45, 2.75) is 85.0 Å². The number of amides is 1. The van der Waals surface area contributed by atoms with Gasteiger partial charge in [0.05, 0.1) is 12.2 Å². The highest BCUT2D eigenvalue weighted by Crippen LogP contribution is 2.32. The molecule has 0 radical (unpaired) electrons. The minimum absolute atomic E-state index is 0.0413. The molecule has 1 saturated carbocycles. The first-order valence-electron chi connectivity index (χ1n) is 8.48. The van der Waals surface area contributed by atoms with Gasteiger partial charge < -0.3 is 4.90 Å². The van der Waals surface area contributed by atoms with Gasteiger partial charge in [0.15, 0.2) is 0 Å². The average Bonchev–Trinajstić information content (AvgIpc) is 2.66. The number of rotatable bonds is 4. The third-order valence-electron chi connectivity index (χ3n) is 4.86. The zero-order valence-corrected chi connectivity index (χ0v) is 13.9. The van der Waals surface area contributed by atoms with Crippen molar-refractivity contribution in [1.82, 2.24) is 10.2 Å². The van der Waals surface area contributed by atoms with E-state index in [1.807, 2.05) is 0 Å². The van der Waals surface area contributed by atoms with Gasteiger partial charge in [0, 0.05) is 6.04 Å². The summed E-state index contributed by atoms with van der Waals surface area (Å²) in [5.41, 5.74) is 0. The van der Waals surface area contributed by atoms with Crippen LogP contribution in [0.25, 0.3) is 0 Å². The average molecular weight is 280 g/mol. The lowest BCUT2D eigenvalue weighted by atomic mass is 9.85. The Labute approximate surface area is 124 Å². The minimum Gasteiger partial charge on any atom is -0.323 e. The molecule has 2 fully saturated rings. The Morgan fingerprint density at radius 3 is 2.50 bits per heavy atom. The Hall–Kier alpha value is -0.570. The monoisotopic (exact) mass is 280 g/mol. The predicted molar refractivity (Wildman–Crippen MR) is 83.3 cm³/mol. The van der Waals surface area contributed by atoms with Gasteiger partial charge in [-0.3, -0.25) is 10.1 Å². The number of nitrogens with one attached hydrogen (secondary N) is 1. The van der Waals surface area contributed by atoms with Crippen LogP contribution < -0.4 is 5.32 Å². The molecule has 0 aromatic carbocycles. The Morgan fingerprint density at radius 2 is 1.95 bits per heavy atom. The topological polar surface area (TPSA) is 32.3 Å². The second-order valence-corrected chi connectivity index (χ2v) is 7.71. The minimum atomic E-state index is 0.0413. The zero-order chi connectivity index (χ0) is 14.9. The molecule has 1 heterocycles. The summed E-state index contributed by atoms with van der Waals surface area (Å²) in [5.74, 6) is 2.16. The van der Waals surface area contributed by atoms with Gasteiger partial charge in [-0.05, 0) is 37.0 Å². The number of hydrogen-bond acceptors (Lipinski definition) is 2. The molecule has 0 spiro atoms. The molecular formula is C17H32N2O. The summed E-state index contributed by atoms with van der Waals surface area (Å²) in [6.07, 6.45) is 6.17. The smallest absolute Gasteiger partial charge is 0.241 e. The largest absolute Gasteiger partial charge is 0.323 e. The van der Waals surface area contributed by atoms with Gasteiger partial charge in [-0.2, -0.15) is 0 Å². The summed E-state index contributed by atoms with van der Waals surface area (Å²) in [6, 6.07) is 0.503. The summed E-state index contributed by atoms with van der Waals surface area (Å²) >= 11 is 0. The summed E-state index contributed by atoms with van der Waals surface area (Å²) in [7, 11) is 0. The van der Waals surface area contributed by atoms with Crippen molar-refractivity contribution in [2.75, 3.05) is 0 Å². The van der Waals surface area contributed by atoms with Gasteiger partial charge in [0.1, 0.15) is 0 Å². The van der Waals surface area contributed by atoms with Crippen LogP contribution in [0.2, 0.25) is 0 Å². The Morgan fingerprint density at radius 1 is 1.25 bits per heavy atom. The standard InChI is InChI=1S/C17H32N2O/c1-11(2)9-15-17(20)19(16(18-15)12(3)4)14-8-6-7-13(5)10-14/h11-16,18H,6-10H2,1-5H3. The SMILES string of the molecule is CC(C)CC1NC(C(C)C)N(C2CCCC(C)C2)C1=O. The molecule has 1 saturated heterocycles. The second kappa shape index (κ2) is 6.46. The Kier molecular flexibility index (Phi) is 5.11. The fraction of sp³-hybridized carbons (Fsp3) is 0.941. The van der Waals surface area contributed by atoms with E-state index in [0.29, 0.717) is 23.8 Å². The van der Waals surface area contributed by atoms with E-state index in [0.717, 1.165) is 12.3 Å². The van der Waals surface area contributed by atoms with Gasteiger partial charge in [0.2, 0.25) is 5.91 Å². The number of carbonyl (C=O) groups is 1. The molecule has 4 unspecified atom stereocenters. The molecule has 20 heavy (non-hydrogen) atoms. The quantitative estimate of drug-likeness (QED) is 0.856. The van der Waals surface area contributed by atoms with Crippen molar-refractivity contribution in [1.29, 1.82) is 0 Å². The maximum atomic E-state index is 12.8. The van der Waals surface area contributed by atoms with Crippen LogP contribution in [0.5, 0.6) is 0 Å². The first-order valence-corrected chi connectivity index (χ1v) is 8.48. The van der Waals surface area contributed by atoms with Gasteiger partial charge in [-0.1, -0.05) is 47.5 Å². The number of nitrogens with zero attached hydrogens (tertiary/aromatic N) is 1. The van der Waals surface area contributed by atoms with Crippen molar-refractivity contribution in [3.63, 3.8) is 0 Å². The Balaban J connectivity index is 2.12. The van der Waals surface area contributed by atoms with Crippen LogP contribution in [0.4, 0.5) is 0 Å². The third kappa shape index (κ3) is 3.36. The van der Waals surface area contributed by atoms with Gasteiger partial charge in [-0.15, -0.1) is 0 Å². The molecule has 2 aliphatic rings. The maximum absolute atomic E-state index is 12.8. The molecule has 3 heteroatoms. The van der Waals surface area contributed by atoms with E-state index < -0.39 is 0 Å². The molecule has 4 atom stereocenters. The second-order valence-electron chi connectivity index (χ2n) is 7.71. The van der Waals surface area contributed by atoms with Crippen LogP contribution in [0, 0.1) is 17.8 Å². The predicted octanol–water partition coefficient (Wildman–Crippen LogP) is 3.39. The summed E-state index contributed by atoms with van der Waals surface area (Å²) in [4.78, 5) is 15.0. The summed E-state index contributed by atoms with van der Waals surface area (Å²) in [6.45, 7) is 11.2. The van der Waals surface area contributed by atoms with Crippen molar-refractivity contribution < 1.29 is 4.79 Å². The van der Waals surface area contributed by atoms with E-state index in [2.05, 4.69) is 44.8 Å². The lowest BCUT2D eigenvalue weighted by Crippen LogP contribution is -2.48. The number of hydrogen-bond donors (Lipinski definition) is 1. The highest BCUT2D eigenvalue weighted by Gasteiger charge is 2.44. The molecule has 0 aromatic rings. The first-order chi connectivity index (χ1) is 9.40. The normalized spacial score (nSPS) is 35.4. The van der Waals surface area contributed by atoms with Crippen LogP contribution in [-0.2, 0) is 4.79 Å². The fourth-order valence-corrected chi connectivity index (χ4v) is 3.89. The summed E-state index contributed by atoms with van der Waals surface area (Å²) in [5, 5.41) is 3.61. The number of carbonyl (C=O) groups excluding carboxylic acids is 1. The van der Waals surface area contributed by atoms with Gasteiger partial charge in [0.25, 0.3) is 0 Å². The van der Waals surface area contributed by atoms with Gasteiger partial charge >= 0.3 is 0 Å². The zero-order valence-electron chi connectivity index (χ0n) is 13.9. The molecule has 116 valence electrons. The molecule has 3 nitrogen and oxygen atoms in total. The lowest BCUT2D eigenvalue weighted by molar-refractivity contribution is -0.134. The Bertz CT molecular complexity index is 340. The van der Waals surface area contributed by atoms with E-state index in [1.165, 1.54) is 25.7 Å². The fourth-order valence-electron chi connectivity index (χ4n) is 3.89. The van der Waals surface area contributed by atoms with Crippen molar-refractivity contribution >= 4 is 5.91 Å². The van der Waals surface area contributed by atoms with E-state index >= 15 is 0 Å². The van der Waals surface area contributed by atoms with E-state index in [4.69, 9.17) is 0 Å². The summed E-state index contributed by atoms with van der Waals surface area (Å²) < 4.78 is 0. The molecule has 1 aliphatic heterocycles. The highest BCUT2D eigenvalue weighted by atomic mass is 16.2. The molecule has 0 bridgehead atoms. The van der Waals surface area contributed by atoms with Crippen molar-refractivity contribution in [3.05, 3.63) is 0 Å². The van der Waals surface area contributed by atoms with Crippen LogP contribution in [0.1, 0.15) is 66.7 Å². The van der Waals surface area contributed by atoms with Crippen LogP contribution in [0.15, 0.2) is 0 Å². The van der Waals surface area contributed by atoms with E-state index in [-0.39, 0.29) is 12.2 Å². The van der Waals surface area contributed by atoms with Crippen LogP contribution in [-0.4, -0.2) is 29.1 Å². The third-order valence-corrected chi connectivity index (χ3v) is 4.86. The molecule has 1 amide bonds. The molecule has 1 aliphatic carbocycles. The van der Waals surface area contributed by atoms with Crippen molar-refractivity contribution in [3.8, 4) is 0 Å². The van der Waals surface area contributed by atoms with E-state index in [9.17, 15) is 4.79 Å². The molecule has 0 aromatic heterocycles. The molecular weight excluding hydrogens is 248 g/mol. The lowest BCUT2D eigenvalue weighted by Gasteiger charge is -2.38. The first kappa shape index (κ1) is 15.8. The van der Waals surface area contributed by atoms with Crippen LogP contribution >= 0.6 is 0 Å².